The van der Waals surface area contributed by atoms with Crippen molar-refractivity contribution in [2.45, 2.75) is 58.2 Å². The molecule has 0 amide bonds. The molecule has 1 aromatic carbocycles. The molecule has 112 valence electrons. The Morgan fingerprint density at radius 1 is 1.29 bits per heavy atom. The van der Waals surface area contributed by atoms with Crippen molar-refractivity contribution in [3.05, 3.63) is 53.6 Å². The Labute approximate surface area is 127 Å². The van der Waals surface area contributed by atoms with Gasteiger partial charge in [-0.2, -0.15) is 0 Å². The predicted molar refractivity (Wildman–Crippen MR) is 86.4 cm³/mol. The molecule has 1 aromatic heterocycles. The van der Waals surface area contributed by atoms with Crippen LogP contribution in [0.5, 0.6) is 0 Å². The molecule has 1 aliphatic rings. The Hall–Kier alpha value is -1.61. The SMILES string of the molecule is Cc1ccc(C(C)NC2CCCC2n2ccnc2)c(C)c1. The molecule has 0 bridgehead atoms. The Bertz CT molecular complexity index is 589. The molecule has 0 spiro atoms. The van der Waals surface area contributed by atoms with Crippen molar-refractivity contribution in [2.24, 2.45) is 0 Å². The molecule has 3 nitrogen and oxygen atoms in total. The summed E-state index contributed by atoms with van der Waals surface area (Å²) in [6, 6.07) is 8.22. The molecule has 1 aliphatic carbocycles. The highest BCUT2D eigenvalue weighted by molar-refractivity contribution is 5.32. The van der Waals surface area contributed by atoms with Crippen molar-refractivity contribution < 1.29 is 0 Å². The summed E-state index contributed by atoms with van der Waals surface area (Å²) in [7, 11) is 0. The molecule has 1 N–H and O–H groups in total. The second-order valence-corrected chi connectivity index (χ2v) is 6.36. The summed E-state index contributed by atoms with van der Waals surface area (Å²) in [4.78, 5) is 4.20. The van der Waals surface area contributed by atoms with Gasteiger partial charge in [-0.05, 0) is 51.2 Å². The zero-order valence-electron chi connectivity index (χ0n) is 13.2. The third-order valence-electron chi connectivity index (χ3n) is 4.74. The maximum absolute atomic E-state index is 4.20. The molecule has 3 unspecified atom stereocenters. The zero-order valence-corrected chi connectivity index (χ0v) is 13.2. The number of nitrogens with zero attached hydrogens (tertiary/aromatic N) is 2. The summed E-state index contributed by atoms with van der Waals surface area (Å²) >= 11 is 0. The number of hydrogen-bond acceptors (Lipinski definition) is 2. The van der Waals surface area contributed by atoms with Gasteiger partial charge < -0.3 is 9.88 Å². The summed E-state index contributed by atoms with van der Waals surface area (Å²) in [6.45, 7) is 6.64. The fourth-order valence-electron chi connectivity index (χ4n) is 3.68. The van der Waals surface area contributed by atoms with Gasteiger partial charge in [-0.3, -0.25) is 0 Å². The standard InChI is InChI=1S/C18H25N3/c1-13-7-8-16(14(2)11-13)15(3)20-17-5-4-6-18(17)21-10-9-19-12-21/h7-12,15,17-18,20H,4-6H2,1-3H3. The van der Waals surface area contributed by atoms with E-state index >= 15 is 0 Å². The Morgan fingerprint density at radius 3 is 2.86 bits per heavy atom. The van der Waals surface area contributed by atoms with Gasteiger partial charge in [-0.15, -0.1) is 0 Å². The maximum Gasteiger partial charge on any atom is 0.0949 e. The van der Waals surface area contributed by atoms with E-state index in [9.17, 15) is 0 Å². The lowest BCUT2D eigenvalue weighted by Gasteiger charge is -2.27. The van der Waals surface area contributed by atoms with E-state index < -0.39 is 0 Å². The molecule has 21 heavy (non-hydrogen) atoms. The summed E-state index contributed by atoms with van der Waals surface area (Å²) in [6.07, 6.45) is 9.70. The second kappa shape index (κ2) is 6.02. The number of benzene rings is 1. The first-order valence-electron chi connectivity index (χ1n) is 7.96. The zero-order chi connectivity index (χ0) is 14.8. The van der Waals surface area contributed by atoms with Crippen LogP contribution in [0.4, 0.5) is 0 Å². The Kier molecular flexibility index (Phi) is 4.11. The van der Waals surface area contributed by atoms with E-state index in [0.717, 1.165) is 0 Å². The van der Waals surface area contributed by atoms with Crippen LogP contribution in [-0.4, -0.2) is 15.6 Å². The van der Waals surface area contributed by atoms with Crippen LogP contribution in [-0.2, 0) is 0 Å². The summed E-state index contributed by atoms with van der Waals surface area (Å²) < 4.78 is 2.26. The number of rotatable bonds is 4. The van der Waals surface area contributed by atoms with Crippen LogP contribution in [0.1, 0.15) is 55.0 Å². The molecular formula is C18H25N3. The molecule has 0 aliphatic heterocycles. The second-order valence-electron chi connectivity index (χ2n) is 6.36. The molecule has 0 radical (unpaired) electrons. The van der Waals surface area contributed by atoms with Gasteiger partial charge in [0.05, 0.1) is 6.33 Å². The van der Waals surface area contributed by atoms with Crippen LogP contribution < -0.4 is 5.32 Å². The first kappa shape index (κ1) is 14.3. The first-order valence-corrected chi connectivity index (χ1v) is 7.96. The van der Waals surface area contributed by atoms with Gasteiger partial charge >= 0.3 is 0 Å². The molecule has 0 saturated heterocycles. The molecule has 3 heteroatoms. The maximum atomic E-state index is 4.20. The summed E-state index contributed by atoms with van der Waals surface area (Å²) in [5.74, 6) is 0. The number of aromatic nitrogens is 2. The van der Waals surface area contributed by atoms with E-state index in [1.807, 2.05) is 12.5 Å². The highest BCUT2D eigenvalue weighted by Crippen LogP contribution is 2.32. The van der Waals surface area contributed by atoms with Gasteiger partial charge in [0.15, 0.2) is 0 Å². The van der Waals surface area contributed by atoms with E-state index in [2.05, 4.69) is 60.0 Å². The number of nitrogens with one attached hydrogen (secondary N) is 1. The lowest BCUT2D eigenvalue weighted by molar-refractivity contribution is 0.362. The number of hydrogen-bond donors (Lipinski definition) is 1. The van der Waals surface area contributed by atoms with Crippen molar-refractivity contribution >= 4 is 0 Å². The van der Waals surface area contributed by atoms with E-state index in [1.54, 1.807) is 0 Å². The third-order valence-corrected chi connectivity index (χ3v) is 4.74. The van der Waals surface area contributed by atoms with E-state index in [0.29, 0.717) is 18.1 Å². The van der Waals surface area contributed by atoms with E-state index in [-0.39, 0.29) is 0 Å². The van der Waals surface area contributed by atoms with Crippen LogP contribution in [0.15, 0.2) is 36.9 Å². The molecule has 3 rings (SSSR count). The molecule has 3 atom stereocenters. The first-order chi connectivity index (χ1) is 10.1. The minimum absolute atomic E-state index is 0.389. The van der Waals surface area contributed by atoms with E-state index in [1.165, 1.54) is 36.0 Å². The van der Waals surface area contributed by atoms with Crippen LogP contribution >= 0.6 is 0 Å². The van der Waals surface area contributed by atoms with Crippen LogP contribution in [0.25, 0.3) is 0 Å². The molecule has 2 aromatic rings. The van der Waals surface area contributed by atoms with Crippen LogP contribution in [0.3, 0.4) is 0 Å². The highest BCUT2D eigenvalue weighted by atomic mass is 15.1. The molecule has 1 saturated carbocycles. The van der Waals surface area contributed by atoms with Crippen molar-refractivity contribution in [1.29, 1.82) is 0 Å². The van der Waals surface area contributed by atoms with Gasteiger partial charge in [0.2, 0.25) is 0 Å². The van der Waals surface area contributed by atoms with Gasteiger partial charge in [-0.25, -0.2) is 4.98 Å². The Balaban J connectivity index is 1.73. The lowest BCUT2D eigenvalue weighted by atomic mass is 9.99. The average Bonchev–Trinajstić information content (AvgIpc) is 3.08. The van der Waals surface area contributed by atoms with Gasteiger partial charge in [0.25, 0.3) is 0 Å². The number of imidazole rings is 1. The largest absolute Gasteiger partial charge is 0.333 e. The number of aryl methyl sites for hydroxylation is 2. The predicted octanol–water partition coefficient (Wildman–Crippen LogP) is 3.94. The normalized spacial score (nSPS) is 23.4. The quantitative estimate of drug-likeness (QED) is 0.921. The van der Waals surface area contributed by atoms with Crippen molar-refractivity contribution in [2.75, 3.05) is 0 Å². The lowest BCUT2D eigenvalue weighted by Crippen LogP contribution is -2.35. The fraction of sp³-hybridized carbons (Fsp3) is 0.500. The molecule has 1 heterocycles. The minimum Gasteiger partial charge on any atom is -0.333 e. The van der Waals surface area contributed by atoms with Gasteiger partial charge in [-0.1, -0.05) is 23.8 Å². The third kappa shape index (κ3) is 3.03. The van der Waals surface area contributed by atoms with Crippen LogP contribution in [0.2, 0.25) is 0 Å². The smallest absolute Gasteiger partial charge is 0.0949 e. The minimum atomic E-state index is 0.389. The molecule has 1 fully saturated rings. The van der Waals surface area contributed by atoms with Crippen molar-refractivity contribution in [3.8, 4) is 0 Å². The Morgan fingerprint density at radius 2 is 2.14 bits per heavy atom. The van der Waals surface area contributed by atoms with Gasteiger partial charge in [0, 0.05) is 30.5 Å². The van der Waals surface area contributed by atoms with Crippen molar-refractivity contribution in [3.63, 3.8) is 0 Å². The highest BCUT2D eigenvalue weighted by Gasteiger charge is 2.29. The van der Waals surface area contributed by atoms with Gasteiger partial charge in [0.1, 0.15) is 0 Å². The fourth-order valence-corrected chi connectivity index (χ4v) is 3.68. The van der Waals surface area contributed by atoms with E-state index in [4.69, 9.17) is 0 Å². The average molecular weight is 283 g/mol. The van der Waals surface area contributed by atoms with Crippen LogP contribution in [0, 0.1) is 13.8 Å². The summed E-state index contributed by atoms with van der Waals surface area (Å²) in [5, 5.41) is 3.85. The van der Waals surface area contributed by atoms with Crippen molar-refractivity contribution in [1.82, 2.24) is 14.9 Å². The monoisotopic (exact) mass is 283 g/mol. The molecular weight excluding hydrogens is 258 g/mol. The topological polar surface area (TPSA) is 29.9 Å². The summed E-state index contributed by atoms with van der Waals surface area (Å²) in [5.41, 5.74) is 4.13.